The lowest BCUT2D eigenvalue weighted by Crippen LogP contribution is -2.33. The quantitative estimate of drug-likeness (QED) is 0.354. The molecule has 0 unspecified atom stereocenters. The second kappa shape index (κ2) is 8.38. The van der Waals surface area contributed by atoms with Gasteiger partial charge in [0, 0.05) is 5.92 Å². The molecule has 0 aromatic rings. The Bertz CT molecular complexity index is 242. The smallest absolute Gasteiger partial charge is 0.219 e. The lowest BCUT2D eigenvalue weighted by atomic mass is 9.96. The predicted octanol–water partition coefficient (Wildman–Crippen LogP) is 3.66. The SMILES string of the molecule is C#C[C@@H](C)[C@H](O[Si](CC=C)CC=C)C(C)C. The van der Waals surface area contributed by atoms with Crippen LogP contribution < -0.4 is 0 Å². The predicted molar refractivity (Wildman–Crippen MR) is 73.5 cm³/mol. The monoisotopic (exact) mass is 235 g/mol. The molecule has 0 aliphatic heterocycles. The minimum Gasteiger partial charge on any atom is -0.412 e. The summed E-state index contributed by atoms with van der Waals surface area (Å²) in [5.74, 6) is 3.38. The van der Waals surface area contributed by atoms with Crippen molar-refractivity contribution in [2.45, 2.75) is 39.0 Å². The van der Waals surface area contributed by atoms with Crippen LogP contribution in [0.1, 0.15) is 20.8 Å². The third-order valence-corrected chi connectivity index (χ3v) is 4.55. The van der Waals surface area contributed by atoms with Gasteiger partial charge in [0.1, 0.15) is 0 Å². The number of allylic oxidation sites excluding steroid dienone is 2. The highest BCUT2D eigenvalue weighted by molar-refractivity contribution is 6.53. The first kappa shape index (κ1) is 15.2. The van der Waals surface area contributed by atoms with E-state index >= 15 is 0 Å². The van der Waals surface area contributed by atoms with Crippen molar-refractivity contribution in [1.29, 1.82) is 0 Å². The standard InChI is InChI=1S/C14H23OSi/c1-7-10-16(11-8-2)15-14(12(4)5)13(6)9-3/h3,7-8,12-14H,1-2,10-11H2,4-6H3/t13-,14-/m1/s1. The van der Waals surface area contributed by atoms with E-state index in [-0.39, 0.29) is 12.0 Å². The molecule has 1 nitrogen and oxygen atoms in total. The Morgan fingerprint density at radius 2 is 1.75 bits per heavy atom. The number of hydrogen-bond donors (Lipinski definition) is 0. The molecule has 0 saturated carbocycles. The molecule has 0 amide bonds. The summed E-state index contributed by atoms with van der Waals surface area (Å²) in [5, 5.41) is 0. The van der Waals surface area contributed by atoms with Crippen molar-refractivity contribution < 1.29 is 4.43 Å². The Morgan fingerprint density at radius 1 is 1.25 bits per heavy atom. The summed E-state index contributed by atoms with van der Waals surface area (Å²) < 4.78 is 6.16. The van der Waals surface area contributed by atoms with E-state index in [1.54, 1.807) is 0 Å². The van der Waals surface area contributed by atoms with Crippen molar-refractivity contribution in [2.24, 2.45) is 11.8 Å². The molecule has 0 aromatic heterocycles. The Morgan fingerprint density at radius 3 is 2.06 bits per heavy atom. The van der Waals surface area contributed by atoms with Crippen LogP contribution in [0.5, 0.6) is 0 Å². The van der Waals surface area contributed by atoms with Crippen LogP contribution in [-0.2, 0) is 4.43 Å². The van der Waals surface area contributed by atoms with E-state index in [1.807, 2.05) is 19.1 Å². The van der Waals surface area contributed by atoms with E-state index in [0.717, 1.165) is 12.1 Å². The van der Waals surface area contributed by atoms with Gasteiger partial charge < -0.3 is 4.43 Å². The van der Waals surface area contributed by atoms with E-state index in [4.69, 9.17) is 10.8 Å². The molecule has 2 heteroatoms. The summed E-state index contributed by atoms with van der Waals surface area (Å²) in [6.07, 6.45) is 9.48. The maximum absolute atomic E-state index is 6.16. The summed E-state index contributed by atoms with van der Waals surface area (Å²) in [6.45, 7) is 13.9. The van der Waals surface area contributed by atoms with Crippen LogP contribution in [0, 0.1) is 24.2 Å². The summed E-state index contributed by atoms with van der Waals surface area (Å²) in [7, 11) is -0.876. The van der Waals surface area contributed by atoms with Gasteiger partial charge in [0.15, 0.2) is 0 Å². The average molecular weight is 235 g/mol. The first-order chi connectivity index (χ1) is 7.56. The molecule has 0 saturated heterocycles. The maximum Gasteiger partial charge on any atom is 0.219 e. The molecular weight excluding hydrogens is 212 g/mol. The van der Waals surface area contributed by atoms with Crippen molar-refractivity contribution in [1.82, 2.24) is 0 Å². The first-order valence-corrected chi connectivity index (χ1v) is 7.58. The number of rotatable bonds is 8. The van der Waals surface area contributed by atoms with Gasteiger partial charge in [0.25, 0.3) is 0 Å². The minimum atomic E-state index is -0.876. The van der Waals surface area contributed by atoms with E-state index in [0.29, 0.717) is 5.92 Å². The van der Waals surface area contributed by atoms with Gasteiger partial charge in [-0.05, 0) is 24.9 Å². The Kier molecular flexibility index (Phi) is 7.97. The summed E-state index contributed by atoms with van der Waals surface area (Å²) in [4.78, 5) is 0. The molecule has 0 rings (SSSR count). The second-order valence-electron chi connectivity index (χ2n) is 4.31. The number of terminal acetylenes is 1. The third kappa shape index (κ3) is 5.34. The first-order valence-electron chi connectivity index (χ1n) is 5.76. The van der Waals surface area contributed by atoms with Crippen LogP contribution >= 0.6 is 0 Å². The normalized spacial score (nSPS) is 14.5. The molecule has 0 aromatic carbocycles. The lowest BCUT2D eigenvalue weighted by molar-refractivity contribution is 0.119. The molecule has 0 fully saturated rings. The fourth-order valence-electron chi connectivity index (χ4n) is 1.60. The molecule has 0 spiro atoms. The van der Waals surface area contributed by atoms with E-state index < -0.39 is 9.04 Å². The molecule has 0 N–H and O–H groups in total. The van der Waals surface area contributed by atoms with Crippen LogP contribution in [0.4, 0.5) is 0 Å². The molecule has 2 atom stereocenters. The summed E-state index contributed by atoms with van der Waals surface area (Å²) >= 11 is 0. The van der Waals surface area contributed by atoms with Gasteiger partial charge in [-0.1, -0.05) is 26.0 Å². The highest BCUT2D eigenvalue weighted by atomic mass is 28.3. The average Bonchev–Trinajstić information content (AvgIpc) is 2.24. The maximum atomic E-state index is 6.16. The van der Waals surface area contributed by atoms with Crippen molar-refractivity contribution in [3.63, 3.8) is 0 Å². The van der Waals surface area contributed by atoms with Crippen LogP contribution in [0.3, 0.4) is 0 Å². The molecule has 0 aliphatic rings. The Hall–Kier alpha value is -0.783. The van der Waals surface area contributed by atoms with Gasteiger partial charge in [-0.3, -0.25) is 0 Å². The molecule has 1 radical (unpaired) electrons. The van der Waals surface area contributed by atoms with Crippen LogP contribution in [0.2, 0.25) is 12.1 Å². The van der Waals surface area contributed by atoms with Crippen molar-refractivity contribution in [2.75, 3.05) is 0 Å². The van der Waals surface area contributed by atoms with Gasteiger partial charge >= 0.3 is 0 Å². The largest absolute Gasteiger partial charge is 0.412 e. The fourth-order valence-corrected chi connectivity index (χ4v) is 3.47. The summed E-state index contributed by atoms with van der Waals surface area (Å²) in [6, 6.07) is 1.88. The molecule has 16 heavy (non-hydrogen) atoms. The van der Waals surface area contributed by atoms with Crippen LogP contribution in [0.15, 0.2) is 25.3 Å². The van der Waals surface area contributed by atoms with Crippen LogP contribution in [0.25, 0.3) is 0 Å². The van der Waals surface area contributed by atoms with Crippen molar-refractivity contribution in [3.8, 4) is 12.3 Å². The van der Waals surface area contributed by atoms with Gasteiger partial charge in [0.05, 0.1) is 6.10 Å². The Balaban J connectivity index is 4.50. The zero-order valence-electron chi connectivity index (χ0n) is 10.7. The lowest BCUT2D eigenvalue weighted by Gasteiger charge is -2.28. The van der Waals surface area contributed by atoms with E-state index in [9.17, 15) is 0 Å². The topological polar surface area (TPSA) is 9.23 Å². The highest BCUT2D eigenvalue weighted by Crippen LogP contribution is 2.19. The fraction of sp³-hybridized carbons (Fsp3) is 0.571. The van der Waals surface area contributed by atoms with Gasteiger partial charge in [-0.15, -0.1) is 25.5 Å². The van der Waals surface area contributed by atoms with E-state index in [1.165, 1.54) is 0 Å². The molecule has 0 bridgehead atoms. The molecular formula is C14H23OSi. The van der Waals surface area contributed by atoms with Crippen molar-refractivity contribution >= 4 is 9.04 Å². The third-order valence-electron chi connectivity index (χ3n) is 2.46. The zero-order valence-corrected chi connectivity index (χ0v) is 11.7. The van der Waals surface area contributed by atoms with Gasteiger partial charge in [0.2, 0.25) is 9.04 Å². The molecule has 89 valence electrons. The molecule has 0 aliphatic carbocycles. The van der Waals surface area contributed by atoms with E-state index in [2.05, 4.69) is 32.9 Å². The minimum absolute atomic E-state index is 0.152. The number of hydrogen-bond acceptors (Lipinski definition) is 1. The molecule has 0 heterocycles. The van der Waals surface area contributed by atoms with Crippen molar-refractivity contribution in [3.05, 3.63) is 25.3 Å². The highest BCUT2D eigenvalue weighted by Gasteiger charge is 2.24. The zero-order chi connectivity index (χ0) is 12.6. The van der Waals surface area contributed by atoms with Gasteiger partial charge in [-0.25, -0.2) is 0 Å². The van der Waals surface area contributed by atoms with Crippen LogP contribution in [-0.4, -0.2) is 15.1 Å². The van der Waals surface area contributed by atoms with Gasteiger partial charge in [-0.2, -0.15) is 0 Å². The Labute approximate surface area is 102 Å². The summed E-state index contributed by atoms with van der Waals surface area (Å²) in [5.41, 5.74) is 0. The second-order valence-corrected chi connectivity index (χ2v) is 6.44.